The van der Waals surface area contributed by atoms with Crippen LogP contribution in [0.3, 0.4) is 0 Å². The van der Waals surface area contributed by atoms with Gasteiger partial charge in [-0.15, -0.1) is 0 Å². The number of aromatic nitrogens is 2. The monoisotopic (exact) mass is 483 g/mol. The molecular formula is C25H23F2N3O5. The number of nitrogens with zero attached hydrogens (tertiary/aromatic N) is 2. The largest absolute Gasteiger partial charge is 0.463 e. The van der Waals surface area contributed by atoms with E-state index in [1.807, 2.05) is 6.07 Å². The predicted molar refractivity (Wildman–Crippen MR) is 125 cm³/mol. The number of benzene rings is 2. The van der Waals surface area contributed by atoms with Crippen molar-refractivity contribution < 1.29 is 23.0 Å². The molecule has 1 N–H and O–H groups in total. The van der Waals surface area contributed by atoms with E-state index in [0.717, 1.165) is 4.57 Å². The lowest BCUT2D eigenvalue weighted by atomic mass is 9.81. The Morgan fingerprint density at radius 2 is 1.69 bits per heavy atom. The number of anilines is 1. The Balaban J connectivity index is 2.05. The summed E-state index contributed by atoms with van der Waals surface area (Å²) in [4.78, 5) is 39.4. The molecule has 2 aromatic carbocycles. The van der Waals surface area contributed by atoms with Crippen LogP contribution < -0.4 is 21.3 Å². The van der Waals surface area contributed by atoms with Gasteiger partial charge in [0.05, 0.1) is 29.4 Å². The molecule has 3 aromatic rings. The first-order valence-corrected chi connectivity index (χ1v) is 10.8. The SMILES string of the molecule is CCOC(=O)C1=C(c2ccccc2)Nc2c(c(=O)n(C)c(=O)n2C)[C@@H]1c1ccc(OC(F)F)cc1. The summed E-state index contributed by atoms with van der Waals surface area (Å²) < 4.78 is 37.4. The quantitative estimate of drug-likeness (QED) is 0.542. The van der Waals surface area contributed by atoms with E-state index in [2.05, 4.69) is 10.1 Å². The van der Waals surface area contributed by atoms with Crippen LogP contribution in [0.25, 0.3) is 5.70 Å². The molecule has 0 bridgehead atoms. The normalized spacial score (nSPS) is 15.0. The summed E-state index contributed by atoms with van der Waals surface area (Å²) in [6, 6.07) is 14.6. The van der Waals surface area contributed by atoms with Crippen LogP contribution in [0.1, 0.15) is 29.5 Å². The zero-order valence-corrected chi connectivity index (χ0v) is 19.2. The number of fused-ring (bicyclic) bond motifs is 1. The van der Waals surface area contributed by atoms with Crippen molar-refractivity contribution in [2.24, 2.45) is 14.1 Å². The third-order valence-corrected chi connectivity index (χ3v) is 5.79. The van der Waals surface area contributed by atoms with Gasteiger partial charge in [0.1, 0.15) is 11.6 Å². The Morgan fingerprint density at radius 1 is 1.03 bits per heavy atom. The molecule has 35 heavy (non-hydrogen) atoms. The van der Waals surface area contributed by atoms with Crippen molar-refractivity contribution >= 4 is 17.5 Å². The van der Waals surface area contributed by atoms with E-state index in [-0.39, 0.29) is 29.3 Å². The highest BCUT2D eigenvalue weighted by molar-refractivity contribution is 6.04. The van der Waals surface area contributed by atoms with Crippen molar-refractivity contribution in [2.45, 2.75) is 19.5 Å². The number of alkyl halides is 2. The fourth-order valence-corrected chi connectivity index (χ4v) is 4.19. The molecule has 1 atom stereocenters. The number of hydrogen-bond donors (Lipinski definition) is 1. The molecule has 0 radical (unpaired) electrons. The van der Waals surface area contributed by atoms with Crippen molar-refractivity contribution in [1.29, 1.82) is 0 Å². The van der Waals surface area contributed by atoms with Crippen LogP contribution >= 0.6 is 0 Å². The van der Waals surface area contributed by atoms with E-state index in [1.54, 1.807) is 31.2 Å². The number of carbonyl (C=O) groups is 1. The lowest BCUT2D eigenvalue weighted by molar-refractivity contribution is -0.138. The average molecular weight is 483 g/mol. The lowest BCUT2D eigenvalue weighted by Crippen LogP contribution is -2.43. The second-order valence-corrected chi connectivity index (χ2v) is 7.85. The minimum Gasteiger partial charge on any atom is -0.463 e. The molecule has 0 unspecified atom stereocenters. The number of ether oxygens (including phenoxy) is 2. The number of carbonyl (C=O) groups excluding carboxylic acids is 1. The van der Waals surface area contributed by atoms with E-state index in [4.69, 9.17) is 4.74 Å². The van der Waals surface area contributed by atoms with E-state index in [0.29, 0.717) is 16.8 Å². The van der Waals surface area contributed by atoms with Gasteiger partial charge in [0.2, 0.25) is 0 Å². The molecule has 1 aromatic heterocycles. The maximum atomic E-state index is 13.4. The molecule has 0 fully saturated rings. The second-order valence-electron chi connectivity index (χ2n) is 7.85. The van der Waals surface area contributed by atoms with Gasteiger partial charge in [-0.3, -0.25) is 13.9 Å². The first kappa shape index (κ1) is 23.9. The molecule has 0 spiro atoms. The van der Waals surface area contributed by atoms with Crippen LogP contribution in [0.15, 0.2) is 69.8 Å². The van der Waals surface area contributed by atoms with E-state index in [9.17, 15) is 23.2 Å². The first-order valence-electron chi connectivity index (χ1n) is 10.8. The number of esters is 1. The van der Waals surface area contributed by atoms with Crippen LogP contribution in [-0.4, -0.2) is 28.3 Å². The van der Waals surface area contributed by atoms with Crippen molar-refractivity contribution in [3.63, 3.8) is 0 Å². The highest BCUT2D eigenvalue weighted by Crippen LogP contribution is 2.43. The Labute approximate surface area is 199 Å². The molecule has 1 aliphatic heterocycles. The number of nitrogens with one attached hydrogen (secondary N) is 1. The molecule has 1 aliphatic rings. The maximum absolute atomic E-state index is 13.4. The summed E-state index contributed by atoms with van der Waals surface area (Å²) in [6.07, 6.45) is 0. The summed E-state index contributed by atoms with van der Waals surface area (Å²) >= 11 is 0. The van der Waals surface area contributed by atoms with Crippen LogP contribution in [0.5, 0.6) is 5.75 Å². The van der Waals surface area contributed by atoms with Gasteiger partial charge in [-0.1, -0.05) is 42.5 Å². The van der Waals surface area contributed by atoms with E-state index in [1.165, 1.54) is 42.9 Å². The van der Waals surface area contributed by atoms with Gasteiger partial charge < -0.3 is 14.8 Å². The summed E-state index contributed by atoms with van der Waals surface area (Å²) in [7, 11) is 2.87. The first-order chi connectivity index (χ1) is 16.7. The zero-order chi connectivity index (χ0) is 25.3. The highest BCUT2D eigenvalue weighted by Gasteiger charge is 2.39. The Kier molecular flexibility index (Phi) is 6.54. The zero-order valence-electron chi connectivity index (χ0n) is 19.2. The average Bonchev–Trinajstić information content (AvgIpc) is 2.85. The van der Waals surface area contributed by atoms with E-state index >= 15 is 0 Å². The summed E-state index contributed by atoms with van der Waals surface area (Å²) in [5.74, 6) is -1.45. The van der Waals surface area contributed by atoms with Gasteiger partial charge in [-0.25, -0.2) is 9.59 Å². The lowest BCUT2D eigenvalue weighted by Gasteiger charge is -2.32. The molecular weight excluding hydrogens is 460 g/mol. The second kappa shape index (κ2) is 9.57. The molecule has 8 nitrogen and oxygen atoms in total. The van der Waals surface area contributed by atoms with Gasteiger partial charge in [0.15, 0.2) is 0 Å². The molecule has 10 heteroatoms. The van der Waals surface area contributed by atoms with Crippen molar-refractivity contribution in [3.8, 4) is 5.75 Å². The molecule has 182 valence electrons. The van der Waals surface area contributed by atoms with Crippen LogP contribution in [0, 0.1) is 0 Å². The maximum Gasteiger partial charge on any atom is 0.387 e. The van der Waals surface area contributed by atoms with Gasteiger partial charge in [0.25, 0.3) is 5.56 Å². The fraction of sp³-hybridized carbons (Fsp3) is 0.240. The molecule has 4 rings (SSSR count). The summed E-state index contributed by atoms with van der Waals surface area (Å²) in [5, 5.41) is 3.12. The summed E-state index contributed by atoms with van der Waals surface area (Å²) in [5.41, 5.74) is 0.634. The Hall–Kier alpha value is -4.21. The van der Waals surface area contributed by atoms with E-state index < -0.39 is 29.7 Å². The highest BCUT2D eigenvalue weighted by atomic mass is 19.3. The number of hydrogen-bond acceptors (Lipinski definition) is 6. The van der Waals surface area contributed by atoms with Crippen molar-refractivity contribution in [1.82, 2.24) is 9.13 Å². The van der Waals surface area contributed by atoms with Crippen LogP contribution in [0.2, 0.25) is 0 Å². The predicted octanol–water partition coefficient (Wildman–Crippen LogP) is 3.22. The minimum absolute atomic E-state index is 0.0729. The van der Waals surface area contributed by atoms with Gasteiger partial charge in [-0.2, -0.15) is 8.78 Å². The third-order valence-electron chi connectivity index (χ3n) is 5.79. The Bertz CT molecular complexity index is 1410. The van der Waals surface area contributed by atoms with Crippen LogP contribution in [-0.2, 0) is 23.6 Å². The molecule has 0 aliphatic carbocycles. The fourth-order valence-electron chi connectivity index (χ4n) is 4.19. The molecule has 0 amide bonds. The Morgan fingerprint density at radius 3 is 2.29 bits per heavy atom. The van der Waals surface area contributed by atoms with Crippen molar-refractivity contribution in [2.75, 3.05) is 11.9 Å². The number of rotatable bonds is 6. The molecule has 0 saturated carbocycles. The minimum atomic E-state index is -3.00. The standard InChI is InChI=1S/C25H23F2N3O5/c1-4-34-23(32)18-17(14-10-12-16(13-11-14)35-24(26)27)19-21(29(2)25(33)30(3)22(19)31)28-20(18)15-8-6-5-7-9-15/h5-13,17,24,28H,4H2,1-3H3/t17-/m1/s1. The van der Waals surface area contributed by atoms with Gasteiger partial charge in [-0.05, 0) is 30.2 Å². The van der Waals surface area contributed by atoms with Crippen molar-refractivity contribution in [3.05, 3.63) is 97.7 Å². The van der Waals surface area contributed by atoms with Gasteiger partial charge >= 0.3 is 18.3 Å². The number of halogens is 2. The third kappa shape index (κ3) is 4.34. The van der Waals surface area contributed by atoms with Crippen LogP contribution in [0.4, 0.5) is 14.6 Å². The molecule has 2 heterocycles. The molecule has 0 saturated heterocycles. The smallest absolute Gasteiger partial charge is 0.387 e. The van der Waals surface area contributed by atoms with Gasteiger partial charge in [0, 0.05) is 14.1 Å². The topological polar surface area (TPSA) is 91.6 Å². The summed E-state index contributed by atoms with van der Waals surface area (Å²) in [6.45, 7) is -1.24.